The van der Waals surface area contributed by atoms with Crippen molar-refractivity contribution in [3.05, 3.63) is 0 Å². The lowest BCUT2D eigenvalue weighted by molar-refractivity contribution is 0.0541. The fourth-order valence-electron chi connectivity index (χ4n) is 1.39. The fraction of sp³-hybridized carbons (Fsp3) is 0.917. The van der Waals surface area contributed by atoms with Crippen LogP contribution in [-0.2, 0) is 4.74 Å². The maximum atomic E-state index is 10.5. The average molecular weight is 230 g/mol. The van der Waals surface area contributed by atoms with E-state index in [2.05, 4.69) is 17.6 Å². The third kappa shape index (κ3) is 8.53. The number of hydrogen-bond acceptors (Lipinski definition) is 3. The van der Waals surface area contributed by atoms with Crippen LogP contribution in [-0.4, -0.2) is 31.8 Å². The van der Waals surface area contributed by atoms with Crippen molar-refractivity contribution in [3.8, 4) is 0 Å². The minimum Gasteiger partial charge on any atom is -0.444 e. The third-order valence-corrected chi connectivity index (χ3v) is 2.34. The molecule has 0 aromatic carbocycles. The van der Waals surface area contributed by atoms with Gasteiger partial charge in [-0.2, -0.15) is 0 Å². The topological polar surface area (TPSA) is 50.4 Å². The lowest BCUT2D eigenvalue weighted by Gasteiger charge is -2.18. The van der Waals surface area contributed by atoms with Crippen LogP contribution in [0.5, 0.6) is 0 Å². The minimum atomic E-state index is -0.389. The average Bonchev–Trinajstić information content (AvgIpc) is 2.68. The van der Waals surface area contributed by atoms with Gasteiger partial charge in [0.15, 0.2) is 0 Å². The first kappa shape index (κ1) is 15.2. The van der Waals surface area contributed by atoms with Gasteiger partial charge in [0.2, 0.25) is 0 Å². The van der Waals surface area contributed by atoms with Crippen LogP contribution in [0.15, 0.2) is 0 Å². The van der Waals surface area contributed by atoms with Crippen LogP contribution < -0.4 is 10.6 Å². The van der Waals surface area contributed by atoms with E-state index >= 15 is 0 Å². The van der Waals surface area contributed by atoms with Crippen LogP contribution in [0.2, 0.25) is 0 Å². The first-order valence-electron chi connectivity index (χ1n) is 6.00. The normalized spacial score (nSPS) is 19.7. The van der Waals surface area contributed by atoms with Gasteiger partial charge in [-0.05, 0) is 46.2 Å². The van der Waals surface area contributed by atoms with E-state index in [9.17, 15) is 4.79 Å². The van der Waals surface area contributed by atoms with Crippen molar-refractivity contribution < 1.29 is 9.53 Å². The molecule has 1 heterocycles. The highest BCUT2D eigenvalue weighted by atomic mass is 16.6. The highest BCUT2D eigenvalue weighted by molar-refractivity contribution is 5.67. The summed E-state index contributed by atoms with van der Waals surface area (Å²) >= 11 is 0. The Balaban J connectivity index is 0.000000288. The summed E-state index contributed by atoms with van der Waals surface area (Å²) in [4.78, 5) is 10.5. The van der Waals surface area contributed by atoms with Gasteiger partial charge in [0, 0.05) is 7.05 Å². The zero-order chi connectivity index (χ0) is 12.6. The van der Waals surface area contributed by atoms with Crippen molar-refractivity contribution in [2.75, 3.05) is 20.1 Å². The SMILES string of the molecule is CCC1CCNC1.CNC(=O)OC(C)(C)C. The molecule has 16 heavy (non-hydrogen) atoms. The molecule has 2 N–H and O–H groups in total. The first-order valence-corrected chi connectivity index (χ1v) is 6.00. The van der Waals surface area contributed by atoms with E-state index in [1.54, 1.807) is 0 Å². The number of rotatable bonds is 1. The zero-order valence-electron chi connectivity index (χ0n) is 11.2. The molecule has 1 unspecified atom stereocenters. The molecule has 1 aliphatic heterocycles. The van der Waals surface area contributed by atoms with Crippen LogP contribution in [0.4, 0.5) is 4.79 Å². The lowest BCUT2D eigenvalue weighted by Crippen LogP contribution is -2.30. The Hall–Kier alpha value is -0.770. The van der Waals surface area contributed by atoms with Gasteiger partial charge in [-0.15, -0.1) is 0 Å². The summed E-state index contributed by atoms with van der Waals surface area (Å²) in [7, 11) is 1.54. The van der Waals surface area contributed by atoms with Gasteiger partial charge >= 0.3 is 6.09 Å². The number of alkyl carbamates (subject to hydrolysis) is 1. The molecule has 0 saturated carbocycles. The third-order valence-electron chi connectivity index (χ3n) is 2.34. The predicted octanol–water partition coefficient (Wildman–Crippen LogP) is 2.15. The molecule has 1 saturated heterocycles. The molecule has 0 radical (unpaired) electrons. The molecule has 0 aromatic rings. The van der Waals surface area contributed by atoms with Crippen LogP contribution in [0.1, 0.15) is 40.5 Å². The molecule has 0 aromatic heterocycles. The quantitative estimate of drug-likeness (QED) is 0.725. The lowest BCUT2D eigenvalue weighted by atomic mass is 10.1. The summed E-state index contributed by atoms with van der Waals surface area (Å²) in [5, 5.41) is 5.68. The van der Waals surface area contributed by atoms with Gasteiger partial charge in [0.1, 0.15) is 5.60 Å². The second kappa shape index (κ2) is 7.49. The molecule has 96 valence electrons. The van der Waals surface area contributed by atoms with Gasteiger partial charge in [0.25, 0.3) is 0 Å². The summed E-state index contributed by atoms with van der Waals surface area (Å²) in [6, 6.07) is 0. The van der Waals surface area contributed by atoms with Gasteiger partial charge in [-0.1, -0.05) is 13.3 Å². The maximum Gasteiger partial charge on any atom is 0.407 e. The van der Waals surface area contributed by atoms with Crippen molar-refractivity contribution in [1.82, 2.24) is 10.6 Å². The smallest absolute Gasteiger partial charge is 0.407 e. The molecule has 1 atom stereocenters. The Bertz CT molecular complexity index is 194. The highest BCUT2D eigenvalue weighted by Crippen LogP contribution is 2.09. The van der Waals surface area contributed by atoms with Crippen molar-refractivity contribution in [2.24, 2.45) is 5.92 Å². The molecular weight excluding hydrogens is 204 g/mol. The summed E-state index contributed by atoms with van der Waals surface area (Å²) in [5.41, 5.74) is -0.389. The molecule has 0 aliphatic carbocycles. The number of carbonyl (C=O) groups excluding carboxylic acids is 1. The Morgan fingerprint density at radius 2 is 2.12 bits per heavy atom. The van der Waals surface area contributed by atoms with Crippen LogP contribution in [0.3, 0.4) is 0 Å². The van der Waals surface area contributed by atoms with Gasteiger partial charge < -0.3 is 15.4 Å². The van der Waals surface area contributed by atoms with Crippen LogP contribution in [0.25, 0.3) is 0 Å². The summed E-state index contributed by atoms with van der Waals surface area (Å²) in [6.45, 7) is 10.2. The zero-order valence-corrected chi connectivity index (χ0v) is 11.2. The van der Waals surface area contributed by atoms with E-state index < -0.39 is 0 Å². The van der Waals surface area contributed by atoms with Crippen molar-refractivity contribution in [3.63, 3.8) is 0 Å². The van der Waals surface area contributed by atoms with E-state index in [1.165, 1.54) is 33.0 Å². The number of hydrogen-bond donors (Lipinski definition) is 2. The fourth-order valence-corrected chi connectivity index (χ4v) is 1.39. The molecule has 1 rings (SSSR count). The Kier molecular flexibility index (Phi) is 7.13. The largest absolute Gasteiger partial charge is 0.444 e. The molecule has 1 amide bonds. The Labute approximate surface area is 99.1 Å². The molecule has 4 nitrogen and oxygen atoms in total. The number of ether oxygens (including phenoxy) is 1. The van der Waals surface area contributed by atoms with Crippen LogP contribution in [0, 0.1) is 5.92 Å². The highest BCUT2D eigenvalue weighted by Gasteiger charge is 2.14. The number of carbonyl (C=O) groups is 1. The molecule has 0 bridgehead atoms. The number of nitrogens with one attached hydrogen (secondary N) is 2. The second-order valence-corrected chi connectivity index (χ2v) is 5.02. The molecule has 1 fully saturated rings. The van der Waals surface area contributed by atoms with Crippen molar-refractivity contribution in [2.45, 2.75) is 46.1 Å². The van der Waals surface area contributed by atoms with Crippen LogP contribution >= 0.6 is 0 Å². The van der Waals surface area contributed by atoms with Gasteiger partial charge in [-0.25, -0.2) is 4.79 Å². The molecular formula is C12H26N2O2. The van der Waals surface area contributed by atoms with E-state index in [-0.39, 0.29) is 11.7 Å². The van der Waals surface area contributed by atoms with E-state index in [0.717, 1.165) is 5.92 Å². The molecule has 4 heteroatoms. The standard InChI is InChI=1S/C6H13NO2.C6H13N/c1-6(2,3)9-5(8)7-4;1-2-6-3-4-7-5-6/h1-4H3,(H,7,8);6-7H,2-5H2,1H3. The van der Waals surface area contributed by atoms with E-state index in [1.807, 2.05) is 20.8 Å². The first-order chi connectivity index (χ1) is 7.39. The Morgan fingerprint density at radius 3 is 2.31 bits per heavy atom. The van der Waals surface area contributed by atoms with E-state index in [0.29, 0.717) is 0 Å². The summed E-state index contributed by atoms with van der Waals surface area (Å²) in [5.74, 6) is 0.986. The maximum absolute atomic E-state index is 10.5. The summed E-state index contributed by atoms with van der Waals surface area (Å²) < 4.78 is 4.84. The monoisotopic (exact) mass is 230 g/mol. The summed E-state index contributed by atoms with van der Waals surface area (Å²) in [6.07, 6.45) is 2.37. The second-order valence-electron chi connectivity index (χ2n) is 5.02. The van der Waals surface area contributed by atoms with Crippen molar-refractivity contribution in [1.29, 1.82) is 0 Å². The van der Waals surface area contributed by atoms with Gasteiger partial charge in [-0.3, -0.25) is 0 Å². The van der Waals surface area contributed by atoms with Crippen molar-refractivity contribution >= 4 is 6.09 Å². The molecule has 1 aliphatic rings. The molecule has 0 spiro atoms. The Morgan fingerprint density at radius 1 is 1.50 bits per heavy atom. The van der Waals surface area contributed by atoms with E-state index in [4.69, 9.17) is 4.74 Å². The number of amides is 1. The van der Waals surface area contributed by atoms with Gasteiger partial charge in [0.05, 0.1) is 0 Å². The predicted molar refractivity (Wildman–Crippen MR) is 66.6 cm³/mol. The minimum absolute atomic E-state index is 0.387.